The van der Waals surface area contributed by atoms with Crippen molar-refractivity contribution >= 4 is 16.5 Å². The Bertz CT molecular complexity index is 358. The minimum absolute atomic E-state index is 0.776. The Labute approximate surface area is 108 Å². The molecular weight excluding hydrogens is 230 g/mol. The summed E-state index contributed by atoms with van der Waals surface area (Å²) in [5.74, 6) is 0. The van der Waals surface area contributed by atoms with Crippen LogP contribution in [0.1, 0.15) is 43.2 Å². The van der Waals surface area contributed by atoms with Gasteiger partial charge in [0.2, 0.25) is 0 Å². The third-order valence-electron chi connectivity index (χ3n) is 3.18. The fourth-order valence-corrected chi connectivity index (χ4v) is 2.75. The van der Waals surface area contributed by atoms with Gasteiger partial charge in [-0.15, -0.1) is 11.3 Å². The van der Waals surface area contributed by atoms with Gasteiger partial charge in [-0.1, -0.05) is 13.3 Å². The average Bonchev–Trinajstić information content (AvgIpc) is 3.07. The van der Waals surface area contributed by atoms with Crippen LogP contribution in [0.15, 0.2) is 0 Å². The van der Waals surface area contributed by atoms with Gasteiger partial charge >= 0.3 is 0 Å². The Balaban J connectivity index is 1.91. The molecule has 2 rings (SSSR count). The quantitative estimate of drug-likeness (QED) is 0.810. The van der Waals surface area contributed by atoms with Gasteiger partial charge in [-0.3, -0.25) is 0 Å². The summed E-state index contributed by atoms with van der Waals surface area (Å²) < 4.78 is 0. The molecule has 0 aromatic carbocycles. The molecule has 0 spiro atoms. The second-order valence-electron chi connectivity index (χ2n) is 4.94. The van der Waals surface area contributed by atoms with Crippen molar-refractivity contribution in [3.63, 3.8) is 0 Å². The topological polar surface area (TPSA) is 28.2 Å². The number of aromatic nitrogens is 1. The number of thiazole rings is 1. The van der Waals surface area contributed by atoms with Gasteiger partial charge in [-0.25, -0.2) is 4.98 Å². The summed E-state index contributed by atoms with van der Waals surface area (Å²) in [5, 5.41) is 4.73. The third-order valence-corrected chi connectivity index (χ3v) is 4.46. The molecule has 0 saturated heterocycles. The van der Waals surface area contributed by atoms with Crippen LogP contribution >= 0.6 is 11.3 Å². The number of nitrogens with one attached hydrogen (secondary N) is 1. The minimum atomic E-state index is 0.776. The molecule has 3 nitrogen and oxygen atoms in total. The van der Waals surface area contributed by atoms with Crippen LogP contribution in [0.2, 0.25) is 0 Å². The van der Waals surface area contributed by atoms with Crippen LogP contribution in [0.5, 0.6) is 0 Å². The van der Waals surface area contributed by atoms with E-state index < -0.39 is 0 Å². The SMILES string of the molecule is CCCCN(C)c1nc(C)c(CNC2CC2)s1. The predicted octanol–water partition coefficient (Wildman–Crippen LogP) is 2.94. The first-order chi connectivity index (χ1) is 8.20. The zero-order valence-electron chi connectivity index (χ0n) is 11.1. The maximum absolute atomic E-state index is 4.67. The largest absolute Gasteiger partial charge is 0.351 e. The lowest BCUT2D eigenvalue weighted by Gasteiger charge is -2.14. The molecule has 0 atom stereocenters. The van der Waals surface area contributed by atoms with Crippen molar-refractivity contribution in [2.45, 2.75) is 52.1 Å². The van der Waals surface area contributed by atoms with Gasteiger partial charge in [0.1, 0.15) is 0 Å². The van der Waals surface area contributed by atoms with Gasteiger partial charge in [-0.05, 0) is 26.2 Å². The van der Waals surface area contributed by atoms with Crippen LogP contribution in [-0.4, -0.2) is 24.6 Å². The number of aryl methyl sites for hydroxylation is 1. The van der Waals surface area contributed by atoms with E-state index in [-0.39, 0.29) is 0 Å². The average molecular weight is 253 g/mol. The zero-order chi connectivity index (χ0) is 12.3. The highest BCUT2D eigenvalue weighted by atomic mass is 32.1. The first-order valence-corrected chi connectivity index (χ1v) is 7.43. The van der Waals surface area contributed by atoms with E-state index in [0.717, 1.165) is 19.1 Å². The fourth-order valence-electron chi connectivity index (χ4n) is 1.76. The van der Waals surface area contributed by atoms with E-state index in [1.807, 2.05) is 11.3 Å². The molecule has 0 amide bonds. The maximum atomic E-state index is 4.67. The van der Waals surface area contributed by atoms with Crippen LogP contribution in [0.3, 0.4) is 0 Å². The molecule has 1 fully saturated rings. The van der Waals surface area contributed by atoms with E-state index >= 15 is 0 Å². The number of hydrogen-bond donors (Lipinski definition) is 1. The van der Waals surface area contributed by atoms with Crippen LogP contribution in [0.4, 0.5) is 5.13 Å². The van der Waals surface area contributed by atoms with Crippen LogP contribution < -0.4 is 10.2 Å². The molecule has 0 unspecified atom stereocenters. The first-order valence-electron chi connectivity index (χ1n) is 6.61. The van der Waals surface area contributed by atoms with Gasteiger partial charge in [0.05, 0.1) is 5.69 Å². The number of anilines is 1. The Morgan fingerprint density at radius 2 is 2.24 bits per heavy atom. The second kappa shape index (κ2) is 5.83. The van der Waals surface area contributed by atoms with Crippen LogP contribution in [0.25, 0.3) is 0 Å². The fraction of sp³-hybridized carbons (Fsp3) is 0.769. The van der Waals surface area contributed by atoms with Crippen molar-refractivity contribution in [3.05, 3.63) is 10.6 Å². The molecule has 1 aliphatic rings. The van der Waals surface area contributed by atoms with Gasteiger partial charge in [0, 0.05) is 31.1 Å². The highest BCUT2D eigenvalue weighted by Crippen LogP contribution is 2.27. The number of nitrogens with zero attached hydrogens (tertiary/aromatic N) is 2. The van der Waals surface area contributed by atoms with E-state index in [0.29, 0.717) is 0 Å². The predicted molar refractivity (Wildman–Crippen MR) is 74.9 cm³/mol. The lowest BCUT2D eigenvalue weighted by molar-refractivity contribution is 0.691. The first kappa shape index (κ1) is 12.8. The van der Waals surface area contributed by atoms with E-state index in [1.165, 1.54) is 41.4 Å². The minimum Gasteiger partial charge on any atom is -0.351 e. The lowest BCUT2D eigenvalue weighted by Crippen LogP contribution is -2.17. The van der Waals surface area contributed by atoms with E-state index in [9.17, 15) is 0 Å². The van der Waals surface area contributed by atoms with Crippen molar-refractivity contribution in [2.24, 2.45) is 0 Å². The Morgan fingerprint density at radius 3 is 2.88 bits per heavy atom. The van der Waals surface area contributed by atoms with Crippen molar-refractivity contribution in [3.8, 4) is 0 Å². The molecule has 1 aliphatic carbocycles. The lowest BCUT2D eigenvalue weighted by atomic mass is 10.3. The van der Waals surface area contributed by atoms with Crippen LogP contribution in [0, 0.1) is 6.92 Å². The normalized spacial score (nSPS) is 15.2. The van der Waals surface area contributed by atoms with Crippen molar-refractivity contribution in [1.29, 1.82) is 0 Å². The van der Waals surface area contributed by atoms with E-state index in [2.05, 4.69) is 36.1 Å². The summed E-state index contributed by atoms with van der Waals surface area (Å²) >= 11 is 1.84. The van der Waals surface area contributed by atoms with Gasteiger partial charge in [0.25, 0.3) is 0 Å². The van der Waals surface area contributed by atoms with Crippen LogP contribution in [-0.2, 0) is 6.54 Å². The summed E-state index contributed by atoms with van der Waals surface area (Å²) in [7, 11) is 2.14. The molecule has 0 radical (unpaired) electrons. The summed E-state index contributed by atoms with van der Waals surface area (Å²) in [4.78, 5) is 8.34. The number of rotatable bonds is 7. The van der Waals surface area contributed by atoms with Gasteiger partial charge < -0.3 is 10.2 Å². The maximum Gasteiger partial charge on any atom is 0.185 e. The van der Waals surface area contributed by atoms with E-state index in [4.69, 9.17) is 0 Å². The van der Waals surface area contributed by atoms with Crippen molar-refractivity contribution in [1.82, 2.24) is 10.3 Å². The third kappa shape index (κ3) is 3.68. The molecular formula is C13H23N3S. The zero-order valence-corrected chi connectivity index (χ0v) is 11.9. The molecule has 1 aromatic heterocycles. The molecule has 1 N–H and O–H groups in total. The van der Waals surface area contributed by atoms with Gasteiger partial charge in [0.15, 0.2) is 5.13 Å². The smallest absolute Gasteiger partial charge is 0.185 e. The van der Waals surface area contributed by atoms with E-state index in [1.54, 1.807) is 0 Å². The highest BCUT2D eigenvalue weighted by Gasteiger charge is 2.21. The molecule has 1 saturated carbocycles. The number of unbranched alkanes of at least 4 members (excludes halogenated alkanes) is 1. The molecule has 1 aromatic rings. The Morgan fingerprint density at radius 1 is 1.47 bits per heavy atom. The van der Waals surface area contributed by atoms with Gasteiger partial charge in [-0.2, -0.15) is 0 Å². The Hall–Kier alpha value is -0.610. The summed E-state index contributed by atoms with van der Waals surface area (Å²) in [6.07, 6.45) is 5.18. The van der Waals surface area contributed by atoms with Crippen molar-refractivity contribution < 1.29 is 0 Å². The Kier molecular flexibility index (Phi) is 4.40. The standard InChI is InChI=1S/C13H23N3S/c1-4-5-8-16(3)13-15-10(2)12(17-13)9-14-11-6-7-11/h11,14H,4-9H2,1-3H3. The highest BCUT2D eigenvalue weighted by molar-refractivity contribution is 7.15. The molecule has 17 heavy (non-hydrogen) atoms. The monoisotopic (exact) mass is 253 g/mol. The second-order valence-corrected chi connectivity index (χ2v) is 6.00. The molecule has 1 heterocycles. The number of hydrogen-bond acceptors (Lipinski definition) is 4. The summed E-state index contributed by atoms with van der Waals surface area (Å²) in [6.45, 7) is 6.46. The summed E-state index contributed by atoms with van der Waals surface area (Å²) in [6, 6.07) is 0.776. The molecule has 0 aliphatic heterocycles. The molecule has 0 bridgehead atoms. The molecule has 96 valence electrons. The summed E-state index contributed by atoms with van der Waals surface area (Å²) in [5.41, 5.74) is 1.20. The molecule has 4 heteroatoms. The van der Waals surface area contributed by atoms with Crippen molar-refractivity contribution in [2.75, 3.05) is 18.5 Å².